The molecule has 0 aliphatic heterocycles. The molecular formula is C19H19ClO4. The molecule has 0 unspecified atom stereocenters. The lowest BCUT2D eigenvalue weighted by molar-refractivity contribution is -0.126. The van der Waals surface area contributed by atoms with E-state index in [0.29, 0.717) is 17.2 Å². The molecule has 0 N–H and O–H groups in total. The highest BCUT2D eigenvalue weighted by atomic mass is 35.5. The Morgan fingerprint density at radius 3 is 2.00 bits per heavy atom. The van der Waals surface area contributed by atoms with Gasteiger partial charge in [0, 0.05) is 23.6 Å². The highest BCUT2D eigenvalue weighted by Gasteiger charge is 2.52. The van der Waals surface area contributed by atoms with Crippen molar-refractivity contribution in [3.8, 4) is 17.2 Å². The van der Waals surface area contributed by atoms with E-state index in [1.807, 2.05) is 30.3 Å². The van der Waals surface area contributed by atoms with Gasteiger partial charge in [0.05, 0.1) is 27.2 Å². The molecule has 4 nitrogen and oxygen atoms in total. The number of hydrogen-bond donors (Lipinski definition) is 0. The highest BCUT2D eigenvalue weighted by molar-refractivity contribution is 6.36. The zero-order valence-corrected chi connectivity index (χ0v) is 14.5. The summed E-state index contributed by atoms with van der Waals surface area (Å²) < 4.78 is 16.3. The first-order chi connectivity index (χ1) is 11.6. The number of methoxy groups -OCH3 is 3. The van der Waals surface area contributed by atoms with E-state index in [-0.39, 0.29) is 11.7 Å². The molecule has 5 heteroatoms. The lowest BCUT2D eigenvalue weighted by atomic mass is 9.65. The number of halogens is 1. The summed E-state index contributed by atoms with van der Waals surface area (Å²) >= 11 is 6.34. The zero-order valence-electron chi connectivity index (χ0n) is 13.8. The van der Waals surface area contributed by atoms with Crippen LogP contribution in [0.25, 0.3) is 0 Å². The Kier molecular flexibility index (Phi) is 4.67. The summed E-state index contributed by atoms with van der Waals surface area (Å²) in [5.74, 6) is 1.20. The first kappa shape index (κ1) is 16.7. The average Bonchev–Trinajstić information content (AvgIpc) is 2.64. The molecule has 1 fully saturated rings. The average molecular weight is 347 g/mol. The van der Waals surface area contributed by atoms with Crippen LogP contribution in [0.3, 0.4) is 0 Å². The van der Waals surface area contributed by atoms with Crippen molar-refractivity contribution in [2.45, 2.75) is 17.2 Å². The van der Waals surface area contributed by atoms with Crippen LogP contribution in [-0.2, 0) is 4.79 Å². The first-order valence-corrected chi connectivity index (χ1v) is 8.08. The third-order valence-corrected chi connectivity index (χ3v) is 4.99. The van der Waals surface area contributed by atoms with Gasteiger partial charge in [0.1, 0.15) is 22.6 Å². The van der Waals surface area contributed by atoms with Crippen molar-refractivity contribution >= 4 is 17.4 Å². The minimum absolute atomic E-state index is 0.0210. The molecule has 1 saturated carbocycles. The van der Waals surface area contributed by atoms with Crippen LogP contribution in [0.15, 0.2) is 42.5 Å². The molecule has 0 bridgehead atoms. The fourth-order valence-electron chi connectivity index (χ4n) is 3.27. The van der Waals surface area contributed by atoms with E-state index in [1.165, 1.54) is 0 Å². The summed E-state index contributed by atoms with van der Waals surface area (Å²) in [6.07, 6.45) is 0. The molecule has 1 aliphatic carbocycles. The molecule has 24 heavy (non-hydrogen) atoms. The number of benzene rings is 2. The van der Waals surface area contributed by atoms with Gasteiger partial charge in [-0.3, -0.25) is 4.79 Å². The van der Waals surface area contributed by atoms with Crippen molar-refractivity contribution in [1.82, 2.24) is 0 Å². The Labute approximate surface area is 146 Å². The molecule has 3 rings (SSSR count). The third-order valence-electron chi connectivity index (χ3n) is 4.50. The van der Waals surface area contributed by atoms with E-state index >= 15 is 0 Å². The Morgan fingerprint density at radius 2 is 1.50 bits per heavy atom. The number of alkyl halides is 1. The second-order valence-electron chi connectivity index (χ2n) is 5.66. The molecule has 3 atom stereocenters. The van der Waals surface area contributed by atoms with Crippen LogP contribution in [-0.4, -0.2) is 32.5 Å². The first-order valence-electron chi connectivity index (χ1n) is 7.65. The second-order valence-corrected chi connectivity index (χ2v) is 6.13. The molecule has 1 aliphatic rings. The quantitative estimate of drug-likeness (QED) is 0.773. The van der Waals surface area contributed by atoms with Crippen LogP contribution in [0, 0.1) is 0 Å². The van der Waals surface area contributed by atoms with Crippen LogP contribution in [0.4, 0.5) is 0 Å². The summed E-state index contributed by atoms with van der Waals surface area (Å²) in [4.78, 5) is 12.6. The summed E-state index contributed by atoms with van der Waals surface area (Å²) in [7, 11) is 4.71. The zero-order chi connectivity index (χ0) is 17.3. The SMILES string of the molecule is COc1cc(OC)c([C@@H]2C(=O)[C@@H](Cl)[C@H]2c2ccccc2)c(OC)c1. The third kappa shape index (κ3) is 2.61. The maximum atomic E-state index is 12.6. The molecule has 0 amide bonds. The number of carbonyl (C=O) groups excluding carboxylic acids is 1. The number of ketones is 1. The van der Waals surface area contributed by atoms with Crippen molar-refractivity contribution in [3.63, 3.8) is 0 Å². The predicted octanol–water partition coefficient (Wildman–Crippen LogP) is 3.77. The number of ether oxygens (including phenoxy) is 3. The minimum Gasteiger partial charge on any atom is -0.496 e. The molecule has 126 valence electrons. The van der Waals surface area contributed by atoms with Gasteiger partial charge in [0.2, 0.25) is 0 Å². The molecule has 0 aromatic heterocycles. The van der Waals surface area contributed by atoms with Gasteiger partial charge >= 0.3 is 0 Å². The van der Waals surface area contributed by atoms with Gasteiger partial charge in [0.15, 0.2) is 5.78 Å². The summed E-state index contributed by atoms with van der Waals surface area (Å²) in [5.41, 5.74) is 1.75. The van der Waals surface area contributed by atoms with E-state index in [4.69, 9.17) is 25.8 Å². The van der Waals surface area contributed by atoms with Gasteiger partial charge in [-0.15, -0.1) is 11.6 Å². The monoisotopic (exact) mass is 346 g/mol. The van der Waals surface area contributed by atoms with Gasteiger partial charge < -0.3 is 14.2 Å². The van der Waals surface area contributed by atoms with Crippen LogP contribution in [0.5, 0.6) is 17.2 Å². The topological polar surface area (TPSA) is 44.8 Å². The summed E-state index contributed by atoms with van der Waals surface area (Å²) in [6.45, 7) is 0. The number of hydrogen-bond acceptors (Lipinski definition) is 4. The normalized spacial score (nSPS) is 22.7. The van der Waals surface area contributed by atoms with Crippen molar-refractivity contribution < 1.29 is 19.0 Å². The van der Waals surface area contributed by atoms with Crippen LogP contribution >= 0.6 is 11.6 Å². The van der Waals surface area contributed by atoms with Crippen molar-refractivity contribution in [2.24, 2.45) is 0 Å². The van der Waals surface area contributed by atoms with E-state index in [2.05, 4.69) is 0 Å². The van der Waals surface area contributed by atoms with E-state index in [9.17, 15) is 4.79 Å². The fourth-order valence-corrected chi connectivity index (χ4v) is 3.70. The van der Waals surface area contributed by atoms with Gasteiger partial charge in [-0.1, -0.05) is 30.3 Å². The minimum atomic E-state index is -0.547. The van der Waals surface area contributed by atoms with Gasteiger partial charge in [-0.25, -0.2) is 0 Å². The van der Waals surface area contributed by atoms with Gasteiger partial charge in [-0.05, 0) is 5.56 Å². The van der Waals surface area contributed by atoms with Gasteiger partial charge in [-0.2, -0.15) is 0 Å². The Bertz CT molecular complexity index is 719. The lowest BCUT2D eigenvalue weighted by Crippen LogP contribution is -2.45. The Balaban J connectivity index is 2.11. The fraction of sp³-hybridized carbons (Fsp3) is 0.316. The van der Waals surface area contributed by atoms with Crippen molar-refractivity contribution in [3.05, 3.63) is 53.6 Å². The van der Waals surface area contributed by atoms with Crippen molar-refractivity contribution in [2.75, 3.05) is 21.3 Å². The number of carbonyl (C=O) groups is 1. The Morgan fingerprint density at radius 1 is 0.917 bits per heavy atom. The maximum absolute atomic E-state index is 12.6. The van der Waals surface area contributed by atoms with Crippen molar-refractivity contribution in [1.29, 1.82) is 0 Å². The van der Waals surface area contributed by atoms with E-state index < -0.39 is 11.3 Å². The smallest absolute Gasteiger partial charge is 0.159 e. The van der Waals surface area contributed by atoms with Crippen LogP contribution < -0.4 is 14.2 Å². The van der Waals surface area contributed by atoms with E-state index in [1.54, 1.807) is 33.5 Å². The molecule has 0 heterocycles. The second kappa shape index (κ2) is 6.73. The largest absolute Gasteiger partial charge is 0.496 e. The van der Waals surface area contributed by atoms with Gasteiger partial charge in [0.25, 0.3) is 0 Å². The molecule has 2 aromatic carbocycles. The summed E-state index contributed by atoms with van der Waals surface area (Å²) in [6, 6.07) is 13.3. The molecular weight excluding hydrogens is 328 g/mol. The number of Topliss-reactive ketones (excluding diaryl/α,β-unsaturated/α-hetero) is 1. The Hall–Kier alpha value is -2.20. The molecule has 0 saturated heterocycles. The molecule has 0 spiro atoms. The maximum Gasteiger partial charge on any atom is 0.159 e. The predicted molar refractivity (Wildman–Crippen MR) is 92.7 cm³/mol. The lowest BCUT2D eigenvalue weighted by Gasteiger charge is -2.41. The molecule has 2 aromatic rings. The standard InChI is InChI=1S/C19H19ClO4/c1-22-12-9-13(23-2)16(14(10-12)24-3)17-15(18(20)19(17)21)11-7-5-4-6-8-11/h4-10,15,17-18H,1-3H3/t15-,17+,18-/m0/s1. The van der Waals surface area contributed by atoms with Crippen LogP contribution in [0.1, 0.15) is 23.0 Å². The summed E-state index contributed by atoms with van der Waals surface area (Å²) in [5, 5.41) is -0.547. The highest BCUT2D eigenvalue weighted by Crippen LogP contribution is 2.54. The molecule has 0 radical (unpaired) electrons. The van der Waals surface area contributed by atoms with Crippen LogP contribution in [0.2, 0.25) is 0 Å². The van der Waals surface area contributed by atoms with E-state index in [0.717, 1.165) is 11.1 Å². The number of rotatable bonds is 5.